The molecule has 1 aromatic rings. The maximum Gasteiger partial charge on any atom is 0.193 e. The molecule has 2 rings (SSSR count). The summed E-state index contributed by atoms with van der Waals surface area (Å²) >= 11 is 0. The number of likely N-dealkylation sites (N-methyl/N-ethyl adjacent to an activating group) is 1. The van der Waals surface area contributed by atoms with E-state index in [0.717, 1.165) is 50.3 Å². The van der Waals surface area contributed by atoms with Gasteiger partial charge in [-0.1, -0.05) is 0 Å². The zero-order valence-corrected chi connectivity index (χ0v) is 18.0. The van der Waals surface area contributed by atoms with Gasteiger partial charge in [-0.25, -0.2) is 0 Å². The first kappa shape index (κ1) is 21.2. The van der Waals surface area contributed by atoms with Gasteiger partial charge in [-0.15, -0.1) is 24.0 Å². The predicted octanol–water partition coefficient (Wildman–Crippen LogP) is 2.13. The molecule has 0 aromatic carbocycles. The Hall–Kier alpha value is -0.830. The van der Waals surface area contributed by atoms with Crippen molar-refractivity contribution in [1.29, 1.82) is 0 Å². The highest BCUT2D eigenvalue weighted by molar-refractivity contribution is 14.0. The summed E-state index contributed by atoms with van der Waals surface area (Å²) in [6.45, 7) is 7.58. The first-order valence-electron chi connectivity index (χ1n) is 8.51. The molecule has 0 radical (unpaired) electrons. The van der Waals surface area contributed by atoms with Crippen LogP contribution in [0, 0.1) is 19.8 Å². The van der Waals surface area contributed by atoms with Crippen molar-refractivity contribution in [1.82, 2.24) is 20.0 Å². The van der Waals surface area contributed by atoms with Crippen molar-refractivity contribution in [3.63, 3.8) is 0 Å². The van der Waals surface area contributed by atoms with Gasteiger partial charge in [0, 0.05) is 46.5 Å². The van der Waals surface area contributed by atoms with Crippen LogP contribution in [0.5, 0.6) is 0 Å². The lowest BCUT2D eigenvalue weighted by Crippen LogP contribution is -2.41. The maximum atomic E-state index is 5.70. The number of aryl methyl sites for hydroxylation is 2. The smallest absolute Gasteiger partial charge is 0.193 e. The number of hydrogen-bond acceptors (Lipinski definition) is 3. The van der Waals surface area contributed by atoms with Gasteiger partial charge in [-0.2, -0.15) is 5.10 Å². The maximum absolute atomic E-state index is 5.70. The van der Waals surface area contributed by atoms with E-state index in [-0.39, 0.29) is 24.0 Å². The molecular weight excluding hydrogens is 417 g/mol. The zero-order chi connectivity index (χ0) is 16.8. The summed E-state index contributed by atoms with van der Waals surface area (Å²) in [7, 11) is 5.87. The molecule has 6 nitrogen and oxygen atoms in total. The molecule has 0 unspecified atom stereocenters. The zero-order valence-electron chi connectivity index (χ0n) is 15.6. The van der Waals surface area contributed by atoms with E-state index in [1.807, 2.05) is 18.8 Å². The van der Waals surface area contributed by atoms with Gasteiger partial charge in [0.1, 0.15) is 0 Å². The van der Waals surface area contributed by atoms with Gasteiger partial charge in [-0.05, 0) is 44.6 Å². The Morgan fingerprint density at radius 1 is 1.42 bits per heavy atom. The summed E-state index contributed by atoms with van der Waals surface area (Å²) < 4.78 is 7.64. The fraction of sp³-hybridized carbons (Fsp3) is 0.765. The average Bonchev–Trinajstić information content (AvgIpc) is 3.31. The Labute approximate surface area is 163 Å². The van der Waals surface area contributed by atoms with Crippen LogP contribution in [0.3, 0.4) is 0 Å². The fourth-order valence-electron chi connectivity index (χ4n) is 2.71. The molecule has 1 heterocycles. The Kier molecular flexibility index (Phi) is 9.04. The van der Waals surface area contributed by atoms with E-state index in [4.69, 9.17) is 4.74 Å². The Bertz CT molecular complexity index is 539. The SMILES string of the molecule is CN=C(NCCc1c(C)nn(C)c1C)N(C)CCOCC1CC1.I. The van der Waals surface area contributed by atoms with E-state index in [9.17, 15) is 0 Å². The standard InChI is InChI=1S/C17H31N5O.HI/c1-13-16(14(2)22(5)20-13)8-9-19-17(18-3)21(4)10-11-23-12-15-6-7-15;/h15H,6-12H2,1-5H3,(H,18,19);1H. The first-order valence-corrected chi connectivity index (χ1v) is 8.51. The molecule has 1 saturated carbocycles. The largest absolute Gasteiger partial charge is 0.379 e. The number of ether oxygens (including phenoxy) is 1. The highest BCUT2D eigenvalue weighted by Gasteiger charge is 2.21. The molecule has 1 aliphatic carbocycles. The highest BCUT2D eigenvalue weighted by Crippen LogP contribution is 2.28. The molecule has 7 heteroatoms. The van der Waals surface area contributed by atoms with Crippen molar-refractivity contribution in [2.45, 2.75) is 33.1 Å². The summed E-state index contributed by atoms with van der Waals surface area (Å²) in [5, 5.41) is 7.89. The van der Waals surface area contributed by atoms with Gasteiger partial charge < -0.3 is 15.0 Å². The lowest BCUT2D eigenvalue weighted by molar-refractivity contribution is 0.115. The molecule has 0 atom stereocenters. The van der Waals surface area contributed by atoms with Crippen molar-refractivity contribution in [3.8, 4) is 0 Å². The lowest BCUT2D eigenvalue weighted by Gasteiger charge is -2.22. The Morgan fingerprint density at radius 2 is 2.12 bits per heavy atom. The quantitative estimate of drug-likeness (QED) is 0.286. The van der Waals surface area contributed by atoms with Gasteiger partial charge in [0.2, 0.25) is 0 Å². The van der Waals surface area contributed by atoms with E-state index in [1.165, 1.54) is 24.1 Å². The van der Waals surface area contributed by atoms with E-state index < -0.39 is 0 Å². The molecule has 0 spiro atoms. The number of nitrogens with one attached hydrogen (secondary N) is 1. The first-order chi connectivity index (χ1) is 11.0. The summed E-state index contributed by atoms with van der Waals surface area (Å²) in [6.07, 6.45) is 3.63. The lowest BCUT2D eigenvalue weighted by atomic mass is 10.1. The van der Waals surface area contributed by atoms with E-state index >= 15 is 0 Å². The van der Waals surface area contributed by atoms with Crippen LogP contribution in [0.4, 0.5) is 0 Å². The van der Waals surface area contributed by atoms with Gasteiger partial charge in [0.05, 0.1) is 12.3 Å². The third kappa shape index (κ3) is 6.23. The van der Waals surface area contributed by atoms with Crippen LogP contribution in [-0.4, -0.2) is 61.0 Å². The minimum atomic E-state index is 0. The number of rotatable bonds is 8. The monoisotopic (exact) mass is 449 g/mol. The van der Waals surface area contributed by atoms with Crippen molar-refractivity contribution in [2.75, 3.05) is 40.4 Å². The molecule has 0 saturated heterocycles. The molecule has 0 amide bonds. The summed E-state index contributed by atoms with van der Waals surface area (Å²) in [6, 6.07) is 0. The molecule has 1 fully saturated rings. The second-order valence-corrected chi connectivity index (χ2v) is 6.44. The van der Waals surface area contributed by atoms with Gasteiger partial charge in [-0.3, -0.25) is 9.67 Å². The average molecular weight is 449 g/mol. The van der Waals surface area contributed by atoms with Crippen LogP contribution >= 0.6 is 24.0 Å². The summed E-state index contributed by atoms with van der Waals surface area (Å²) in [5.41, 5.74) is 3.68. The summed E-state index contributed by atoms with van der Waals surface area (Å²) in [4.78, 5) is 6.47. The van der Waals surface area contributed by atoms with Crippen LogP contribution in [0.1, 0.15) is 29.8 Å². The molecule has 138 valence electrons. The molecule has 1 N–H and O–H groups in total. The normalized spacial score (nSPS) is 14.5. The topological polar surface area (TPSA) is 54.7 Å². The van der Waals surface area contributed by atoms with E-state index in [1.54, 1.807) is 0 Å². The second kappa shape index (κ2) is 10.2. The number of aliphatic imine (C=N–C) groups is 1. The number of guanidine groups is 1. The summed E-state index contributed by atoms with van der Waals surface area (Å²) in [5.74, 6) is 1.74. The molecular formula is C17H32IN5O. The van der Waals surface area contributed by atoms with Crippen LogP contribution in [0.15, 0.2) is 4.99 Å². The molecule has 24 heavy (non-hydrogen) atoms. The highest BCUT2D eigenvalue weighted by atomic mass is 127. The van der Waals surface area contributed by atoms with Crippen LogP contribution in [0.25, 0.3) is 0 Å². The third-order valence-electron chi connectivity index (χ3n) is 4.51. The number of nitrogens with zero attached hydrogens (tertiary/aromatic N) is 4. The van der Waals surface area contributed by atoms with Crippen LogP contribution in [0.2, 0.25) is 0 Å². The predicted molar refractivity (Wildman–Crippen MR) is 109 cm³/mol. The second-order valence-electron chi connectivity index (χ2n) is 6.44. The van der Waals surface area contributed by atoms with E-state index in [2.05, 4.69) is 41.2 Å². The molecule has 0 aliphatic heterocycles. The van der Waals surface area contributed by atoms with Crippen molar-refractivity contribution in [3.05, 3.63) is 17.0 Å². The van der Waals surface area contributed by atoms with Crippen LogP contribution < -0.4 is 5.32 Å². The van der Waals surface area contributed by atoms with Gasteiger partial charge in [0.25, 0.3) is 0 Å². The Morgan fingerprint density at radius 3 is 2.67 bits per heavy atom. The van der Waals surface area contributed by atoms with Crippen LogP contribution in [-0.2, 0) is 18.2 Å². The molecule has 1 aromatic heterocycles. The number of halogens is 1. The Balaban J connectivity index is 0.00000288. The van der Waals surface area contributed by atoms with Crippen molar-refractivity contribution < 1.29 is 4.74 Å². The van der Waals surface area contributed by atoms with Gasteiger partial charge >= 0.3 is 0 Å². The number of aromatic nitrogens is 2. The van der Waals surface area contributed by atoms with E-state index in [0.29, 0.717) is 0 Å². The minimum Gasteiger partial charge on any atom is -0.379 e. The van der Waals surface area contributed by atoms with Crippen molar-refractivity contribution >= 4 is 29.9 Å². The third-order valence-corrected chi connectivity index (χ3v) is 4.51. The van der Waals surface area contributed by atoms with Crippen molar-refractivity contribution in [2.24, 2.45) is 18.0 Å². The minimum absolute atomic E-state index is 0. The molecule has 1 aliphatic rings. The fourth-order valence-corrected chi connectivity index (χ4v) is 2.71. The molecule has 0 bridgehead atoms. The number of hydrogen-bond donors (Lipinski definition) is 1. The van der Waals surface area contributed by atoms with Gasteiger partial charge in [0.15, 0.2) is 5.96 Å².